The number of aromatic hydroxyl groups is 1. The Bertz CT molecular complexity index is 4090. The number of imide groups is 1. The molecule has 0 aliphatic carbocycles. The number of hydrogen-bond donors (Lipinski definition) is 16. The number of guanidine groups is 1. The van der Waals surface area contributed by atoms with Gasteiger partial charge in [0.1, 0.15) is 60.6 Å². The predicted octanol–water partition coefficient (Wildman–Crippen LogP) is 1.36. The van der Waals surface area contributed by atoms with Gasteiger partial charge >= 0.3 is 18.0 Å². The third kappa shape index (κ3) is 33.1. The number of rotatable bonds is 54. The van der Waals surface area contributed by atoms with Crippen molar-refractivity contribution in [2.24, 2.45) is 35.1 Å². The Labute approximate surface area is 723 Å². The van der Waals surface area contributed by atoms with Gasteiger partial charge in [0.05, 0.1) is 36.6 Å². The summed E-state index contributed by atoms with van der Waals surface area (Å²) in [5.74, 6) is -13.9. The van der Waals surface area contributed by atoms with Crippen LogP contribution in [0.5, 0.6) is 5.75 Å². The number of amides is 15. The molecule has 0 radical (unpaired) electrons. The van der Waals surface area contributed by atoms with E-state index in [1.54, 1.807) is 107 Å². The molecule has 15 amide bonds. The van der Waals surface area contributed by atoms with Gasteiger partial charge < -0.3 is 104 Å². The van der Waals surface area contributed by atoms with Crippen LogP contribution in [0.4, 0.5) is 4.79 Å². The number of nitrogens with one attached hydrogen (secondary N) is 11. The van der Waals surface area contributed by atoms with E-state index < -0.39 is 186 Å². The number of primary amides is 1. The molecule has 0 aromatic heterocycles. The molecule has 2 fully saturated rings. The number of phenols is 1. The van der Waals surface area contributed by atoms with Crippen LogP contribution in [-0.4, -0.2) is 269 Å². The first-order valence-electron chi connectivity index (χ1n) is 42.3. The number of carboxylic acids is 2. The van der Waals surface area contributed by atoms with E-state index >= 15 is 4.79 Å². The van der Waals surface area contributed by atoms with Gasteiger partial charge in [-0.2, -0.15) is 0 Å². The molecule has 2 aliphatic rings. The molecule has 38 heteroatoms. The van der Waals surface area contributed by atoms with E-state index in [1.807, 2.05) is 13.8 Å². The minimum Gasteiger partial charge on any atom is -0.508 e. The maximum atomic E-state index is 15.0. The van der Waals surface area contributed by atoms with E-state index in [-0.39, 0.29) is 146 Å². The standard InChI is InChI=1S/C86H129N17O21/c1-12-52(6)74(65(123-10)48-71(110)102-44-24-32-64(102)75(124-11)53(7)76(111)97-62(83(118)119)46-55-27-17-14-18-28-55)101(9)82(117)72(50(2)3)99-81(116)73(51(4)5)100(8)68(107)34-21-33-66(105)94-61(45-54-25-15-13-16-26-54)80(115)96-60(31-23-43-92-86(89)122)78(113)95-59(79(114)98-63(84(120)121)47-56-35-37-57(104)38-36-56)29-19-20-41-90-77(112)58(30-22-42-91-85(87)88)93-67(106)49-103-69(108)39-40-70(103)109/h13-18,25-28,35-38,50-53,58-65,72-75,104H,12,19-24,29-34,39-49H2,1-11H3,(H,90,112)(H,93,106)(H,94,105)(H,95,113)(H,96,115)(H,97,111)(H,98,114)(H,99,116)(H,118,119)(H,120,121)(H4,87,88,91)(H3,89,92,122)/t52-,53+,58+,59-,60-,61-,62-,63-,64-,65+,72-,73-,74-,75+/m0/s1. The number of urea groups is 1. The van der Waals surface area contributed by atoms with Crippen molar-refractivity contribution in [3.05, 3.63) is 102 Å². The van der Waals surface area contributed by atoms with Crippen LogP contribution in [0.3, 0.4) is 0 Å². The van der Waals surface area contributed by atoms with Crippen molar-refractivity contribution in [3.63, 3.8) is 0 Å². The molecule has 5 rings (SSSR count). The second-order valence-electron chi connectivity index (χ2n) is 32.4. The lowest BCUT2D eigenvalue weighted by Crippen LogP contribution is -2.60. The van der Waals surface area contributed by atoms with Crippen LogP contribution < -0.4 is 64.6 Å². The molecule has 0 spiro atoms. The Hall–Kier alpha value is -11.8. The fourth-order valence-corrected chi connectivity index (χ4v) is 15.3. The number of carboxylic acid groups (broad SMARTS) is 2. The molecular formula is C86H129N17O21. The molecule has 14 atom stereocenters. The molecule has 0 saturated carbocycles. The molecule has 18 N–H and O–H groups in total. The summed E-state index contributed by atoms with van der Waals surface area (Å²) in [6.45, 7) is 12.1. The largest absolute Gasteiger partial charge is 0.508 e. The maximum Gasteiger partial charge on any atom is 0.326 e. The third-order valence-corrected chi connectivity index (χ3v) is 22.4. The number of unbranched alkanes of at least 4 members (excludes halogenated alkanes) is 1. The van der Waals surface area contributed by atoms with E-state index in [0.29, 0.717) is 36.9 Å². The van der Waals surface area contributed by atoms with Crippen molar-refractivity contribution >= 4 is 101 Å². The number of methoxy groups -OCH3 is 2. The highest BCUT2D eigenvalue weighted by Gasteiger charge is 2.45. The minimum absolute atomic E-state index is 0.00179. The van der Waals surface area contributed by atoms with Crippen LogP contribution in [0.1, 0.15) is 168 Å². The molecule has 684 valence electrons. The second kappa shape index (κ2) is 51.9. The number of nitrogens with zero attached hydrogens (tertiary/aromatic N) is 4. The van der Waals surface area contributed by atoms with Crippen LogP contribution in [0.25, 0.3) is 0 Å². The van der Waals surface area contributed by atoms with Crippen LogP contribution in [-0.2, 0) is 101 Å². The second-order valence-corrected chi connectivity index (χ2v) is 32.4. The average molecular weight is 1740 g/mol. The van der Waals surface area contributed by atoms with E-state index in [2.05, 4.69) is 53.2 Å². The topological polar surface area (TPSA) is 561 Å². The monoisotopic (exact) mass is 1740 g/mol. The minimum atomic E-state index is -1.59. The number of carbonyl (C=O) groups excluding carboxylic acids is 14. The number of carbonyl (C=O) groups is 16. The zero-order chi connectivity index (χ0) is 92.0. The molecule has 0 bridgehead atoms. The predicted molar refractivity (Wildman–Crippen MR) is 456 cm³/mol. The van der Waals surface area contributed by atoms with Gasteiger partial charge in [-0.15, -0.1) is 0 Å². The highest BCUT2D eigenvalue weighted by molar-refractivity contribution is 6.05. The van der Waals surface area contributed by atoms with Crippen LogP contribution in [0.2, 0.25) is 0 Å². The summed E-state index contributed by atoms with van der Waals surface area (Å²) in [5, 5.41) is 64.2. The van der Waals surface area contributed by atoms with Crippen molar-refractivity contribution in [2.45, 2.75) is 243 Å². The number of hydrogen-bond acceptors (Lipinski definition) is 20. The maximum absolute atomic E-state index is 15.0. The summed E-state index contributed by atoms with van der Waals surface area (Å²) >= 11 is 0. The Kier molecular flexibility index (Phi) is 43.0. The van der Waals surface area contributed by atoms with Crippen molar-refractivity contribution in [1.29, 1.82) is 5.41 Å². The average Bonchev–Trinajstić information content (AvgIpc) is 1.10. The first-order valence-corrected chi connectivity index (χ1v) is 42.3. The summed E-state index contributed by atoms with van der Waals surface area (Å²) in [7, 11) is 5.90. The van der Waals surface area contributed by atoms with Gasteiger partial charge in [0.25, 0.3) is 0 Å². The molecule has 0 unspecified atom stereocenters. The zero-order valence-electron chi connectivity index (χ0n) is 72.9. The van der Waals surface area contributed by atoms with Crippen LogP contribution in [0.15, 0.2) is 84.9 Å². The lowest BCUT2D eigenvalue weighted by molar-refractivity contribution is -0.149. The fraction of sp³-hybridized carbons (Fsp3) is 0.593. The smallest absolute Gasteiger partial charge is 0.326 e. The molecule has 38 nitrogen and oxygen atoms in total. The number of nitrogens with two attached hydrogens (primary N) is 2. The lowest BCUT2D eigenvalue weighted by atomic mass is 9.89. The van der Waals surface area contributed by atoms with Crippen molar-refractivity contribution in [3.8, 4) is 5.75 Å². The van der Waals surface area contributed by atoms with Gasteiger partial charge in [0.15, 0.2) is 5.96 Å². The summed E-state index contributed by atoms with van der Waals surface area (Å²) in [6.07, 6.45) is -1.43. The van der Waals surface area contributed by atoms with Gasteiger partial charge in [-0.25, -0.2) is 14.4 Å². The van der Waals surface area contributed by atoms with E-state index in [4.69, 9.17) is 26.4 Å². The molecule has 2 saturated heterocycles. The number of phenolic OH excluding ortho intramolecular Hbond substituents is 1. The van der Waals surface area contributed by atoms with Gasteiger partial charge in [0.2, 0.25) is 76.8 Å². The molecule has 2 aliphatic heterocycles. The normalized spacial score (nSPS) is 16.3. The Balaban J connectivity index is 1.29. The fourth-order valence-electron chi connectivity index (χ4n) is 15.3. The zero-order valence-corrected chi connectivity index (χ0v) is 72.9. The lowest BCUT2D eigenvalue weighted by Gasteiger charge is -2.41. The van der Waals surface area contributed by atoms with Crippen molar-refractivity contribution in [1.82, 2.24) is 72.8 Å². The Morgan fingerprint density at radius 1 is 0.540 bits per heavy atom. The number of benzene rings is 3. The van der Waals surface area contributed by atoms with E-state index in [0.717, 1.165) is 10.5 Å². The van der Waals surface area contributed by atoms with Gasteiger partial charge in [0, 0.05) is 99.4 Å². The highest BCUT2D eigenvalue weighted by atomic mass is 16.5. The molecular weight excluding hydrogens is 1610 g/mol. The van der Waals surface area contributed by atoms with Gasteiger partial charge in [-0.05, 0) is 111 Å². The van der Waals surface area contributed by atoms with E-state index in [9.17, 15) is 87.2 Å². The molecule has 2 heterocycles. The van der Waals surface area contributed by atoms with Gasteiger partial charge in [-0.1, -0.05) is 128 Å². The van der Waals surface area contributed by atoms with Crippen LogP contribution >= 0.6 is 0 Å². The molecule has 3 aromatic carbocycles. The Morgan fingerprint density at radius 2 is 1.03 bits per heavy atom. The van der Waals surface area contributed by atoms with Crippen molar-refractivity contribution in [2.75, 3.05) is 61.0 Å². The number of likely N-dealkylation sites (tertiary alicyclic amines) is 2. The van der Waals surface area contributed by atoms with Crippen LogP contribution in [0, 0.1) is 29.1 Å². The number of aliphatic carboxylic acids is 2. The molecule has 124 heavy (non-hydrogen) atoms. The van der Waals surface area contributed by atoms with Gasteiger partial charge in [-0.3, -0.25) is 72.6 Å². The van der Waals surface area contributed by atoms with E-state index in [1.165, 1.54) is 55.3 Å². The first-order chi connectivity index (χ1) is 58.8. The number of ether oxygens (including phenoxy) is 2. The first kappa shape index (κ1) is 103. The third-order valence-electron chi connectivity index (χ3n) is 22.4. The summed E-state index contributed by atoms with van der Waals surface area (Å²) in [6, 6.07) is 10.00. The van der Waals surface area contributed by atoms with Crippen molar-refractivity contribution < 1.29 is 102 Å². The molecule has 3 aromatic rings. The quantitative estimate of drug-likeness (QED) is 0.0164. The SMILES string of the molecule is CC[C@H](C)[C@@H]([C@@H](CC(=O)N1CCC[C@H]1[C@H](OC)[C@@H](C)C(=O)N[C@@H](Cc1ccccc1)C(=O)O)OC)N(C)C(=O)[C@@H](NC(=O)[C@H](C(C)C)N(C)C(=O)CCCC(=O)N[C@@H](Cc1ccccc1)C(=O)N[C@@H](CCCNC(N)=O)C(=O)N[C@@H](CCCCNC(=O)[C@@H](CCCNC(=N)N)NC(=O)CN1C(=O)CCC1=O)C(=O)N[C@@H](Cc1ccc(O)cc1)C(=O)O)C(C)C. The summed E-state index contributed by atoms with van der Waals surface area (Å²) in [4.78, 5) is 224. The Morgan fingerprint density at radius 3 is 1.54 bits per heavy atom. The highest BCUT2D eigenvalue weighted by Crippen LogP contribution is 2.31. The summed E-state index contributed by atoms with van der Waals surface area (Å²) < 4.78 is 12.0. The summed E-state index contributed by atoms with van der Waals surface area (Å²) in [5.41, 5.74) is 12.5. The number of likely N-dealkylation sites (N-methyl/N-ethyl adjacent to an activating group) is 2.